The van der Waals surface area contributed by atoms with Crippen LogP contribution in [0.2, 0.25) is 0 Å². The molecule has 0 unspecified atom stereocenters. The molecule has 2 aromatic heterocycles. The van der Waals surface area contributed by atoms with Gasteiger partial charge in [-0.1, -0.05) is 12.5 Å². The number of hydrogen-bond acceptors (Lipinski definition) is 5. The Labute approximate surface area is 125 Å². The lowest BCUT2D eigenvalue weighted by molar-refractivity contribution is 0.224. The number of nitrogens with one attached hydrogen (secondary N) is 1. The fraction of sp³-hybridized carbons (Fsp3) is 0.467. The summed E-state index contributed by atoms with van der Waals surface area (Å²) in [5.74, 6) is 0.922. The van der Waals surface area contributed by atoms with Crippen molar-refractivity contribution >= 4 is 27.3 Å². The van der Waals surface area contributed by atoms with Gasteiger partial charge in [-0.15, -0.1) is 11.3 Å². The molecule has 2 aliphatic rings. The second kappa shape index (κ2) is 4.96. The molecule has 3 heterocycles. The summed E-state index contributed by atoms with van der Waals surface area (Å²) in [7, 11) is 0. The molecule has 0 aromatic carbocycles. The van der Waals surface area contributed by atoms with Crippen LogP contribution in [0.5, 0.6) is 0 Å². The van der Waals surface area contributed by atoms with Crippen molar-refractivity contribution in [2.75, 3.05) is 0 Å². The highest BCUT2D eigenvalue weighted by molar-refractivity contribution is 7.19. The maximum atomic E-state index is 12.9. The lowest BCUT2D eigenvalue weighted by Crippen LogP contribution is -2.24. The zero-order valence-corrected chi connectivity index (χ0v) is 12.5. The topological polar surface area (TPSA) is 67.2 Å². The van der Waals surface area contributed by atoms with Gasteiger partial charge in [-0.2, -0.15) is 0 Å². The number of allylic oxidation sites excluding steroid dienone is 1. The Kier molecular flexibility index (Phi) is 3.08. The molecule has 0 amide bonds. The summed E-state index contributed by atoms with van der Waals surface area (Å²) in [5.41, 5.74) is 4.11. The number of aromatic nitrogens is 2. The van der Waals surface area contributed by atoms with Crippen molar-refractivity contribution in [1.82, 2.24) is 15.0 Å². The predicted molar refractivity (Wildman–Crippen MR) is 82.7 cm³/mol. The summed E-state index contributed by atoms with van der Waals surface area (Å²) in [5, 5.41) is 10.0. The van der Waals surface area contributed by atoms with Crippen LogP contribution in [0.1, 0.15) is 41.9 Å². The monoisotopic (exact) mass is 303 g/mol. The first-order valence-electron chi connectivity index (χ1n) is 7.45. The number of hydrogen-bond donors (Lipinski definition) is 2. The van der Waals surface area contributed by atoms with Crippen molar-refractivity contribution in [3.63, 3.8) is 0 Å². The highest BCUT2D eigenvalue weighted by Gasteiger charge is 2.24. The highest BCUT2D eigenvalue weighted by Crippen LogP contribution is 2.36. The van der Waals surface area contributed by atoms with E-state index < -0.39 is 0 Å². The molecule has 0 spiro atoms. The minimum absolute atomic E-state index is 0.105. The third-order valence-corrected chi connectivity index (χ3v) is 5.54. The summed E-state index contributed by atoms with van der Waals surface area (Å²) in [6.45, 7) is 0.780. The fourth-order valence-electron chi connectivity index (χ4n) is 3.34. The van der Waals surface area contributed by atoms with E-state index in [2.05, 4.69) is 5.48 Å². The molecule has 21 heavy (non-hydrogen) atoms. The second-order valence-corrected chi connectivity index (χ2v) is 6.65. The van der Waals surface area contributed by atoms with E-state index >= 15 is 0 Å². The molecular formula is C15H17N3O2S. The summed E-state index contributed by atoms with van der Waals surface area (Å²) >= 11 is 1.51. The van der Waals surface area contributed by atoms with Crippen LogP contribution in [0.15, 0.2) is 10.9 Å². The van der Waals surface area contributed by atoms with E-state index in [1.807, 2.05) is 10.6 Å². The van der Waals surface area contributed by atoms with E-state index in [1.54, 1.807) is 0 Å². The van der Waals surface area contributed by atoms with Crippen molar-refractivity contribution in [2.24, 2.45) is 0 Å². The van der Waals surface area contributed by atoms with Crippen molar-refractivity contribution in [3.8, 4) is 0 Å². The van der Waals surface area contributed by atoms with Crippen LogP contribution in [0.3, 0.4) is 0 Å². The Bertz CT molecular complexity index is 803. The number of nitrogens with zero attached hydrogens (tertiary/aromatic N) is 2. The first-order valence-corrected chi connectivity index (χ1v) is 8.27. The lowest BCUT2D eigenvalue weighted by atomic mass is 10.0. The van der Waals surface area contributed by atoms with Gasteiger partial charge in [0.25, 0.3) is 5.56 Å². The molecule has 110 valence electrons. The predicted octanol–water partition coefficient (Wildman–Crippen LogP) is 2.45. The van der Waals surface area contributed by atoms with E-state index in [9.17, 15) is 10.0 Å². The molecule has 0 fully saturated rings. The molecule has 0 saturated carbocycles. The van der Waals surface area contributed by atoms with E-state index in [-0.39, 0.29) is 5.56 Å². The van der Waals surface area contributed by atoms with E-state index in [0.29, 0.717) is 5.70 Å². The van der Waals surface area contributed by atoms with Crippen molar-refractivity contribution < 1.29 is 5.21 Å². The Morgan fingerprint density at radius 1 is 1.29 bits per heavy atom. The van der Waals surface area contributed by atoms with Crippen molar-refractivity contribution in [3.05, 3.63) is 32.7 Å². The maximum Gasteiger partial charge on any atom is 0.262 e. The minimum atomic E-state index is 0.105. The molecule has 0 atom stereocenters. The number of fused-ring (bicyclic) bond motifs is 4. The van der Waals surface area contributed by atoms with Gasteiger partial charge < -0.3 is 0 Å². The maximum absolute atomic E-state index is 12.9. The first kappa shape index (κ1) is 13.0. The molecule has 0 radical (unpaired) electrons. The van der Waals surface area contributed by atoms with Gasteiger partial charge in [-0.05, 0) is 31.2 Å². The highest BCUT2D eigenvalue weighted by atomic mass is 32.1. The van der Waals surface area contributed by atoms with E-state index in [1.165, 1.54) is 11.3 Å². The molecule has 6 heteroatoms. The van der Waals surface area contributed by atoms with Gasteiger partial charge in [0.05, 0.1) is 16.0 Å². The molecule has 0 saturated heterocycles. The third kappa shape index (κ3) is 1.93. The molecule has 2 N–H and O–H groups in total. The van der Waals surface area contributed by atoms with Crippen LogP contribution in [0.4, 0.5) is 0 Å². The van der Waals surface area contributed by atoms with E-state index in [4.69, 9.17) is 4.98 Å². The number of hydroxylamine groups is 1. The standard InChI is InChI=1S/C15H17N3O2S/c19-15-12-9-5-4-6-10(17-20)13(9)21-14(12)16-11-7-2-1-3-8-18(11)15/h6,17,20H,1-5,7-8H2. The smallest absolute Gasteiger partial charge is 0.262 e. The minimum Gasteiger partial charge on any atom is -0.296 e. The zero-order valence-electron chi connectivity index (χ0n) is 11.7. The molecule has 5 nitrogen and oxygen atoms in total. The Morgan fingerprint density at radius 3 is 3.05 bits per heavy atom. The summed E-state index contributed by atoms with van der Waals surface area (Å²) < 4.78 is 1.87. The van der Waals surface area contributed by atoms with Crippen molar-refractivity contribution in [2.45, 2.75) is 45.1 Å². The number of thiophene rings is 1. The summed E-state index contributed by atoms with van der Waals surface area (Å²) in [6, 6.07) is 0. The SMILES string of the molecule is O=c1c2c3c(sc2nc2n1CCCCC2)C(NO)=CCC3. The van der Waals surface area contributed by atoms with Crippen LogP contribution in [0.25, 0.3) is 15.9 Å². The molecule has 1 aliphatic heterocycles. The van der Waals surface area contributed by atoms with Crippen LogP contribution in [-0.2, 0) is 19.4 Å². The van der Waals surface area contributed by atoms with Gasteiger partial charge in [0.1, 0.15) is 10.7 Å². The largest absolute Gasteiger partial charge is 0.296 e. The van der Waals surface area contributed by atoms with Crippen LogP contribution in [-0.4, -0.2) is 14.8 Å². The van der Waals surface area contributed by atoms with Crippen LogP contribution >= 0.6 is 11.3 Å². The normalized spacial score (nSPS) is 17.9. The quantitative estimate of drug-likeness (QED) is 0.794. The average Bonchev–Trinajstić information content (AvgIpc) is 2.70. The molecule has 0 bridgehead atoms. The average molecular weight is 303 g/mol. The first-order chi connectivity index (χ1) is 10.3. The van der Waals surface area contributed by atoms with Gasteiger partial charge in [-0.25, -0.2) is 4.98 Å². The van der Waals surface area contributed by atoms with E-state index in [0.717, 1.165) is 71.6 Å². The van der Waals surface area contributed by atoms with Crippen molar-refractivity contribution in [1.29, 1.82) is 0 Å². The molecular weight excluding hydrogens is 286 g/mol. The Morgan fingerprint density at radius 2 is 2.19 bits per heavy atom. The Hall–Kier alpha value is -1.66. The van der Waals surface area contributed by atoms with Crippen LogP contribution < -0.4 is 11.0 Å². The molecule has 1 aliphatic carbocycles. The van der Waals surface area contributed by atoms with Gasteiger partial charge >= 0.3 is 0 Å². The fourth-order valence-corrected chi connectivity index (χ4v) is 4.56. The number of aryl methyl sites for hydroxylation is 2. The zero-order chi connectivity index (χ0) is 14.4. The summed E-state index contributed by atoms with van der Waals surface area (Å²) in [6.07, 6.45) is 7.85. The van der Waals surface area contributed by atoms with Crippen LogP contribution in [0, 0.1) is 0 Å². The number of rotatable bonds is 1. The van der Waals surface area contributed by atoms with Gasteiger partial charge in [-0.3, -0.25) is 20.0 Å². The van der Waals surface area contributed by atoms with Gasteiger partial charge in [0.2, 0.25) is 0 Å². The third-order valence-electron chi connectivity index (χ3n) is 4.38. The summed E-state index contributed by atoms with van der Waals surface area (Å²) in [4.78, 5) is 19.4. The molecule has 4 rings (SSSR count). The Balaban J connectivity index is 2.02. The molecule has 2 aromatic rings. The van der Waals surface area contributed by atoms with Gasteiger partial charge in [0, 0.05) is 13.0 Å². The second-order valence-electron chi connectivity index (χ2n) is 5.65. The van der Waals surface area contributed by atoms with Gasteiger partial charge in [0.15, 0.2) is 0 Å². The lowest BCUT2D eigenvalue weighted by Gasteiger charge is -2.12.